The summed E-state index contributed by atoms with van der Waals surface area (Å²) in [6, 6.07) is 8.03. The molecule has 1 fully saturated rings. The molecule has 2 atom stereocenters. The number of carbonyl (C=O) groups is 1. The van der Waals surface area contributed by atoms with Gasteiger partial charge in [0.05, 0.1) is 39.5 Å². The highest BCUT2D eigenvalue weighted by Gasteiger charge is 2.31. The summed E-state index contributed by atoms with van der Waals surface area (Å²) in [5.74, 6) is -3.01. The van der Waals surface area contributed by atoms with Crippen LogP contribution in [0.1, 0.15) is 10.4 Å². The van der Waals surface area contributed by atoms with E-state index in [0.29, 0.717) is 6.07 Å². The normalized spacial score (nSPS) is 17.4. The van der Waals surface area contributed by atoms with E-state index < -0.39 is 46.6 Å². The van der Waals surface area contributed by atoms with Crippen LogP contribution < -0.4 is 15.6 Å². The number of hydrogen-bond acceptors (Lipinski definition) is 7. The quantitative estimate of drug-likeness (QED) is 0.359. The lowest BCUT2D eigenvalue weighted by Gasteiger charge is -2.19. The van der Waals surface area contributed by atoms with Crippen molar-refractivity contribution >= 4 is 51.6 Å². The second-order valence-electron chi connectivity index (χ2n) is 8.33. The number of amides is 1. The van der Waals surface area contributed by atoms with E-state index in [9.17, 15) is 28.6 Å². The molecule has 0 spiro atoms. The number of nitrogens with zero attached hydrogens (tertiary/aromatic N) is 4. The van der Waals surface area contributed by atoms with Crippen molar-refractivity contribution in [2.75, 3.05) is 23.3 Å². The Morgan fingerprint density at radius 2 is 1.76 bits per heavy atom. The third-order valence-electron chi connectivity index (χ3n) is 5.88. The van der Waals surface area contributed by atoms with Gasteiger partial charge in [-0.05, 0) is 24.3 Å². The Morgan fingerprint density at radius 1 is 1.08 bits per heavy atom. The highest BCUT2D eigenvalue weighted by Crippen LogP contribution is 2.30. The van der Waals surface area contributed by atoms with Crippen molar-refractivity contribution in [3.63, 3.8) is 0 Å². The minimum absolute atomic E-state index is 0.0625. The molecule has 0 bridgehead atoms. The lowest BCUT2D eigenvalue weighted by Crippen LogP contribution is -2.26. The van der Waals surface area contributed by atoms with Gasteiger partial charge in [0.1, 0.15) is 17.2 Å². The van der Waals surface area contributed by atoms with Crippen LogP contribution >= 0.6 is 23.2 Å². The number of para-hydroxylation sites is 1. The largest absolute Gasteiger partial charge is 0.389 e. The van der Waals surface area contributed by atoms with Crippen molar-refractivity contribution in [2.45, 2.75) is 12.2 Å². The predicted octanol–water partition coefficient (Wildman–Crippen LogP) is 3.16. The molecule has 1 saturated heterocycles. The molecule has 0 radical (unpaired) electrons. The van der Waals surface area contributed by atoms with Crippen LogP contribution in [0.15, 0.2) is 53.6 Å². The number of anilines is 2. The molecule has 5 rings (SSSR count). The van der Waals surface area contributed by atoms with Crippen LogP contribution in [-0.4, -0.2) is 56.0 Å². The number of fused-ring (bicyclic) bond motifs is 1. The van der Waals surface area contributed by atoms with Crippen molar-refractivity contribution < 1.29 is 23.8 Å². The van der Waals surface area contributed by atoms with Crippen molar-refractivity contribution in [1.29, 1.82) is 0 Å². The molecule has 13 heteroatoms. The molecular formula is C24H17Cl2F2N5O4. The van der Waals surface area contributed by atoms with Gasteiger partial charge in [0, 0.05) is 25.4 Å². The van der Waals surface area contributed by atoms with E-state index in [0.717, 1.165) is 17.0 Å². The number of hydrogen-bond donors (Lipinski definition) is 3. The van der Waals surface area contributed by atoms with E-state index in [4.69, 9.17) is 23.2 Å². The zero-order chi connectivity index (χ0) is 26.4. The maximum absolute atomic E-state index is 14.8. The number of aliphatic hydroxyl groups is 2. The summed E-state index contributed by atoms with van der Waals surface area (Å²) in [4.78, 5) is 36.3. The summed E-state index contributed by atoms with van der Waals surface area (Å²) in [5, 5.41) is 22.5. The number of halogens is 4. The SMILES string of the molecule is O=C(Nc1c(Cl)cccc1Cl)c1cn(-c2ncc(F)cc2F)c2nc(N3C[C@@H](O)[C@@H](O)C3)ccc2c1=O. The van der Waals surface area contributed by atoms with Gasteiger partial charge in [0.25, 0.3) is 5.91 Å². The summed E-state index contributed by atoms with van der Waals surface area (Å²) < 4.78 is 29.5. The van der Waals surface area contributed by atoms with Gasteiger partial charge in [0.15, 0.2) is 17.3 Å². The van der Waals surface area contributed by atoms with Gasteiger partial charge in [-0.2, -0.15) is 0 Å². The standard InChI is InChI=1S/C24H17Cl2F2N5O4/c25-14-2-1-3-15(26)20(14)31-24(37)13-8-33(23-16(28)6-11(27)7-29-23)22-12(21(13)36)4-5-19(30-22)32-9-17(34)18(35)10-32/h1-8,17-18,34-35H,9-10H2,(H,31,37)/t17-,18+. The van der Waals surface area contributed by atoms with E-state index in [1.165, 1.54) is 24.3 Å². The Morgan fingerprint density at radius 3 is 2.41 bits per heavy atom. The zero-order valence-corrected chi connectivity index (χ0v) is 20.2. The first-order chi connectivity index (χ1) is 17.6. The fourth-order valence-electron chi connectivity index (χ4n) is 4.03. The number of carbonyl (C=O) groups excluding carboxylic acids is 1. The van der Waals surface area contributed by atoms with Crippen LogP contribution in [0, 0.1) is 11.6 Å². The molecule has 190 valence electrons. The fourth-order valence-corrected chi connectivity index (χ4v) is 4.52. The topological polar surface area (TPSA) is 121 Å². The van der Waals surface area contributed by atoms with Gasteiger partial charge in [-0.3, -0.25) is 14.2 Å². The van der Waals surface area contributed by atoms with Crippen molar-refractivity contribution in [1.82, 2.24) is 14.5 Å². The Balaban J connectivity index is 1.69. The predicted molar refractivity (Wildman–Crippen MR) is 134 cm³/mol. The average Bonchev–Trinajstić information content (AvgIpc) is 3.20. The van der Waals surface area contributed by atoms with Crippen LogP contribution in [0.25, 0.3) is 16.9 Å². The molecule has 1 amide bonds. The van der Waals surface area contributed by atoms with E-state index in [2.05, 4.69) is 15.3 Å². The van der Waals surface area contributed by atoms with Gasteiger partial charge in [-0.15, -0.1) is 0 Å². The number of nitrogens with one attached hydrogen (secondary N) is 1. The van der Waals surface area contributed by atoms with Gasteiger partial charge in [0.2, 0.25) is 5.43 Å². The Hall–Kier alpha value is -3.64. The maximum Gasteiger partial charge on any atom is 0.261 e. The highest BCUT2D eigenvalue weighted by atomic mass is 35.5. The molecule has 0 unspecified atom stereocenters. The molecule has 3 N–H and O–H groups in total. The van der Waals surface area contributed by atoms with Crippen LogP contribution in [-0.2, 0) is 0 Å². The third-order valence-corrected chi connectivity index (χ3v) is 6.51. The number of rotatable bonds is 4. The van der Waals surface area contributed by atoms with E-state index in [1.54, 1.807) is 11.0 Å². The second kappa shape index (κ2) is 9.67. The summed E-state index contributed by atoms with van der Waals surface area (Å²) in [6.45, 7) is 0.151. The molecule has 4 heterocycles. The average molecular weight is 548 g/mol. The van der Waals surface area contributed by atoms with Crippen LogP contribution in [0.3, 0.4) is 0 Å². The first-order valence-corrected chi connectivity index (χ1v) is 11.6. The van der Waals surface area contributed by atoms with Gasteiger partial charge in [-0.1, -0.05) is 29.3 Å². The molecule has 4 aromatic rings. The third kappa shape index (κ3) is 4.62. The minimum Gasteiger partial charge on any atom is -0.389 e. The first kappa shape index (κ1) is 25.0. The minimum atomic E-state index is -1.07. The number of aromatic nitrogens is 3. The Labute approximate surface area is 217 Å². The molecule has 1 aliphatic rings. The monoisotopic (exact) mass is 547 g/mol. The van der Waals surface area contributed by atoms with E-state index in [1.807, 2.05) is 0 Å². The molecule has 0 aliphatic carbocycles. The number of pyridine rings is 3. The zero-order valence-electron chi connectivity index (χ0n) is 18.7. The molecule has 0 saturated carbocycles. The molecule has 37 heavy (non-hydrogen) atoms. The summed E-state index contributed by atoms with van der Waals surface area (Å²) in [6.07, 6.45) is -0.182. The Bertz CT molecular complexity index is 1590. The second-order valence-corrected chi connectivity index (χ2v) is 9.15. The molecule has 3 aromatic heterocycles. The van der Waals surface area contributed by atoms with E-state index in [-0.39, 0.29) is 45.7 Å². The number of benzene rings is 1. The summed E-state index contributed by atoms with van der Waals surface area (Å²) in [5.41, 5.74) is -1.14. The van der Waals surface area contributed by atoms with Crippen molar-refractivity contribution in [3.05, 3.63) is 86.3 Å². The number of β-amino-alcohol motifs (C(OH)–C–C–N with tert-alkyl or cyclic N) is 2. The number of aliphatic hydroxyl groups excluding tert-OH is 2. The highest BCUT2D eigenvalue weighted by molar-refractivity contribution is 6.40. The van der Waals surface area contributed by atoms with Crippen LogP contribution in [0.5, 0.6) is 0 Å². The summed E-state index contributed by atoms with van der Waals surface area (Å²) in [7, 11) is 0. The van der Waals surface area contributed by atoms with Gasteiger partial charge >= 0.3 is 0 Å². The summed E-state index contributed by atoms with van der Waals surface area (Å²) >= 11 is 12.3. The molecular weight excluding hydrogens is 531 g/mol. The Kier molecular flexibility index (Phi) is 6.54. The molecule has 1 aliphatic heterocycles. The van der Waals surface area contributed by atoms with Crippen molar-refractivity contribution in [3.8, 4) is 5.82 Å². The van der Waals surface area contributed by atoms with E-state index >= 15 is 0 Å². The lowest BCUT2D eigenvalue weighted by molar-refractivity contribution is 0.0572. The lowest BCUT2D eigenvalue weighted by atomic mass is 10.1. The van der Waals surface area contributed by atoms with Crippen LogP contribution in [0.2, 0.25) is 10.0 Å². The first-order valence-electron chi connectivity index (χ1n) is 10.9. The molecule has 9 nitrogen and oxygen atoms in total. The smallest absolute Gasteiger partial charge is 0.261 e. The van der Waals surface area contributed by atoms with Crippen LogP contribution in [0.4, 0.5) is 20.3 Å². The molecule has 1 aromatic carbocycles. The fraction of sp³-hybridized carbons (Fsp3) is 0.167. The van der Waals surface area contributed by atoms with Gasteiger partial charge < -0.3 is 20.4 Å². The maximum atomic E-state index is 14.8. The van der Waals surface area contributed by atoms with Crippen molar-refractivity contribution in [2.24, 2.45) is 0 Å². The van der Waals surface area contributed by atoms with Gasteiger partial charge in [-0.25, -0.2) is 18.7 Å².